The topological polar surface area (TPSA) is 21.1 Å². The lowest BCUT2D eigenvalue weighted by Gasteiger charge is -2.35. The Bertz CT molecular complexity index is 529. The summed E-state index contributed by atoms with van der Waals surface area (Å²) in [5.41, 5.74) is 1.54. The first kappa shape index (κ1) is 11.9. The number of aromatic nitrogens is 2. The molecular formula is C14H19N3S. The van der Waals surface area contributed by atoms with Crippen molar-refractivity contribution in [3.8, 4) is 0 Å². The molecule has 0 saturated carbocycles. The van der Waals surface area contributed by atoms with E-state index in [0.29, 0.717) is 6.04 Å². The summed E-state index contributed by atoms with van der Waals surface area (Å²) in [5.74, 6) is 1.16. The molecule has 2 aromatic heterocycles. The van der Waals surface area contributed by atoms with Crippen LogP contribution in [0.15, 0.2) is 23.8 Å². The van der Waals surface area contributed by atoms with Crippen LogP contribution in [0.5, 0.6) is 0 Å². The summed E-state index contributed by atoms with van der Waals surface area (Å²) in [6.07, 6.45) is 6.27. The highest BCUT2D eigenvalue weighted by Gasteiger charge is 2.27. The monoisotopic (exact) mass is 261 g/mol. The number of rotatable bonds is 3. The maximum atomic E-state index is 4.45. The number of hydrogen-bond acceptors (Lipinski definition) is 3. The van der Waals surface area contributed by atoms with Gasteiger partial charge in [0.25, 0.3) is 0 Å². The molecule has 0 aromatic carbocycles. The number of thiophene rings is 1. The lowest BCUT2D eigenvalue weighted by atomic mass is 9.98. The molecule has 0 aliphatic carbocycles. The SMILES string of the molecule is CCC1c2ccsc2CCN1Cc1nccn1C. The zero-order valence-corrected chi connectivity index (χ0v) is 11.8. The van der Waals surface area contributed by atoms with Crippen molar-refractivity contribution in [3.63, 3.8) is 0 Å². The third kappa shape index (κ3) is 1.99. The molecule has 0 saturated heterocycles. The Balaban J connectivity index is 1.83. The smallest absolute Gasteiger partial charge is 0.122 e. The first-order valence-electron chi connectivity index (χ1n) is 6.56. The van der Waals surface area contributed by atoms with Crippen LogP contribution in [-0.2, 0) is 20.0 Å². The van der Waals surface area contributed by atoms with Crippen molar-refractivity contribution >= 4 is 11.3 Å². The molecule has 0 spiro atoms. The fourth-order valence-electron chi connectivity index (χ4n) is 2.85. The molecule has 3 nitrogen and oxygen atoms in total. The van der Waals surface area contributed by atoms with Gasteiger partial charge in [0.15, 0.2) is 0 Å². The first-order chi connectivity index (χ1) is 8.79. The van der Waals surface area contributed by atoms with Crippen LogP contribution in [0.3, 0.4) is 0 Å². The van der Waals surface area contributed by atoms with Crippen LogP contribution in [0.4, 0.5) is 0 Å². The van der Waals surface area contributed by atoms with Gasteiger partial charge in [-0.25, -0.2) is 4.98 Å². The Labute approximate surface area is 112 Å². The molecule has 0 radical (unpaired) electrons. The Hall–Kier alpha value is -1.13. The molecule has 2 aromatic rings. The Morgan fingerprint density at radius 3 is 3.11 bits per heavy atom. The van der Waals surface area contributed by atoms with Crippen molar-refractivity contribution < 1.29 is 0 Å². The van der Waals surface area contributed by atoms with Crippen LogP contribution in [0.25, 0.3) is 0 Å². The predicted octanol–water partition coefficient (Wildman–Crippen LogP) is 2.99. The maximum Gasteiger partial charge on any atom is 0.122 e. The molecule has 0 bridgehead atoms. The quantitative estimate of drug-likeness (QED) is 0.847. The molecule has 96 valence electrons. The van der Waals surface area contributed by atoms with E-state index in [-0.39, 0.29) is 0 Å². The normalized spacial score (nSPS) is 20.0. The molecule has 1 atom stereocenters. The second kappa shape index (κ2) is 4.86. The molecule has 3 heterocycles. The number of hydrogen-bond donors (Lipinski definition) is 0. The summed E-state index contributed by atoms with van der Waals surface area (Å²) in [6, 6.07) is 2.87. The summed E-state index contributed by atoms with van der Waals surface area (Å²) in [6.45, 7) is 4.39. The molecule has 3 rings (SSSR count). The van der Waals surface area contributed by atoms with Gasteiger partial charge in [-0.2, -0.15) is 0 Å². The van der Waals surface area contributed by atoms with Crippen molar-refractivity contribution in [2.45, 2.75) is 32.4 Å². The third-order valence-electron chi connectivity index (χ3n) is 3.86. The second-order valence-electron chi connectivity index (χ2n) is 4.90. The predicted molar refractivity (Wildman–Crippen MR) is 74.7 cm³/mol. The zero-order valence-electron chi connectivity index (χ0n) is 11.0. The largest absolute Gasteiger partial charge is 0.337 e. The highest BCUT2D eigenvalue weighted by Crippen LogP contribution is 2.35. The summed E-state index contributed by atoms with van der Waals surface area (Å²) < 4.78 is 2.12. The van der Waals surface area contributed by atoms with Gasteiger partial charge in [-0.05, 0) is 29.9 Å². The Morgan fingerprint density at radius 1 is 1.50 bits per heavy atom. The van der Waals surface area contributed by atoms with Gasteiger partial charge in [-0.3, -0.25) is 4.90 Å². The third-order valence-corrected chi connectivity index (χ3v) is 4.85. The minimum absolute atomic E-state index is 0.566. The minimum atomic E-state index is 0.566. The molecule has 1 aliphatic rings. The maximum absolute atomic E-state index is 4.45. The van der Waals surface area contributed by atoms with Gasteiger partial charge in [-0.1, -0.05) is 6.92 Å². The molecule has 1 aliphatic heterocycles. The fourth-order valence-corrected chi connectivity index (χ4v) is 3.77. The van der Waals surface area contributed by atoms with Gasteiger partial charge < -0.3 is 4.57 Å². The van der Waals surface area contributed by atoms with Gasteiger partial charge in [0, 0.05) is 36.9 Å². The van der Waals surface area contributed by atoms with E-state index in [4.69, 9.17) is 0 Å². The Morgan fingerprint density at radius 2 is 2.39 bits per heavy atom. The van der Waals surface area contributed by atoms with E-state index in [1.165, 1.54) is 12.8 Å². The van der Waals surface area contributed by atoms with Crippen molar-refractivity contribution in [1.82, 2.24) is 14.5 Å². The molecule has 0 amide bonds. The van der Waals surface area contributed by atoms with Gasteiger partial charge in [-0.15, -0.1) is 11.3 Å². The van der Waals surface area contributed by atoms with Crippen LogP contribution in [0.1, 0.15) is 35.7 Å². The number of fused-ring (bicyclic) bond motifs is 1. The molecule has 4 heteroatoms. The van der Waals surface area contributed by atoms with Gasteiger partial charge in [0.05, 0.1) is 6.54 Å². The molecule has 18 heavy (non-hydrogen) atoms. The van der Waals surface area contributed by atoms with Crippen LogP contribution in [0.2, 0.25) is 0 Å². The molecular weight excluding hydrogens is 242 g/mol. The minimum Gasteiger partial charge on any atom is -0.337 e. The lowest BCUT2D eigenvalue weighted by Crippen LogP contribution is -2.34. The van der Waals surface area contributed by atoms with E-state index in [1.54, 1.807) is 10.4 Å². The van der Waals surface area contributed by atoms with Crippen LogP contribution in [0, 0.1) is 0 Å². The number of imidazole rings is 1. The van der Waals surface area contributed by atoms with E-state index in [9.17, 15) is 0 Å². The van der Waals surface area contributed by atoms with E-state index in [1.807, 2.05) is 23.7 Å². The van der Waals surface area contributed by atoms with Crippen molar-refractivity contribution in [1.29, 1.82) is 0 Å². The van der Waals surface area contributed by atoms with Crippen molar-refractivity contribution in [3.05, 3.63) is 40.1 Å². The first-order valence-corrected chi connectivity index (χ1v) is 7.44. The standard InChI is InChI=1S/C14H19N3S/c1-3-12-11-5-9-18-13(11)4-7-17(12)10-14-15-6-8-16(14)2/h5-6,8-9,12H,3-4,7,10H2,1-2H3. The number of aryl methyl sites for hydroxylation is 1. The molecule has 0 fully saturated rings. The lowest BCUT2D eigenvalue weighted by molar-refractivity contribution is 0.167. The number of nitrogens with zero attached hydrogens (tertiary/aromatic N) is 3. The summed E-state index contributed by atoms with van der Waals surface area (Å²) in [7, 11) is 2.07. The van der Waals surface area contributed by atoms with Gasteiger partial charge >= 0.3 is 0 Å². The molecule has 0 N–H and O–H groups in total. The highest BCUT2D eigenvalue weighted by atomic mass is 32.1. The van der Waals surface area contributed by atoms with E-state index in [0.717, 1.165) is 18.9 Å². The average molecular weight is 261 g/mol. The van der Waals surface area contributed by atoms with E-state index < -0.39 is 0 Å². The fraction of sp³-hybridized carbons (Fsp3) is 0.500. The second-order valence-corrected chi connectivity index (χ2v) is 5.90. The van der Waals surface area contributed by atoms with E-state index >= 15 is 0 Å². The van der Waals surface area contributed by atoms with Crippen LogP contribution < -0.4 is 0 Å². The molecule has 1 unspecified atom stereocenters. The summed E-state index contributed by atoms with van der Waals surface area (Å²) >= 11 is 1.91. The Kier molecular flexibility index (Phi) is 3.22. The zero-order chi connectivity index (χ0) is 12.5. The van der Waals surface area contributed by atoms with E-state index in [2.05, 4.69) is 39.9 Å². The average Bonchev–Trinajstić information content (AvgIpc) is 2.99. The van der Waals surface area contributed by atoms with Gasteiger partial charge in [0.2, 0.25) is 0 Å². The summed E-state index contributed by atoms with van der Waals surface area (Å²) in [5, 5.41) is 2.23. The van der Waals surface area contributed by atoms with Crippen molar-refractivity contribution in [2.75, 3.05) is 6.54 Å². The summed E-state index contributed by atoms with van der Waals surface area (Å²) in [4.78, 5) is 8.59. The van der Waals surface area contributed by atoms with Gasteiger partial charge in [0.1, 0.15) is 5.82 Å². The van der Waals surface area contributed by atoms with Crippen LogP contribution in [-0.4, -0.2) is 21.0 Å². The van der Waals surface area contributed by atoms with Crippen LogP contribution >= 0.6 is 11.3 Å². The highest BCUT2D eigenvalue weighted by molar-refractivity contribution is 7.10. The van der Waals surface area contributed by atoms with Crippen molar-refractivity contribution in [2.24, 2.45) is 7.05 Å².